The van der Waals surface area contributed by atoms with Crippen molar-refractivity contribution >= 4 is 74.8 Å². The molecule has 0 radical (unpaired) electrons. The van der Waals surface area contributed by atoms with E-state index >= 15 is 0 Å². The molecule has 0 aromatic heterocycles. The number of nitro benzene ring substituents is 1. The normalized spacial score (nSPS) is 14.2. The Labute approximate surface area is 240 Å². The van der Waals surface area contributed by atoms with Crippen LogP contribution >= 0.6 is 46.0 Å². The number of hydrogen-bond acceptors (Lipinski definition) is 8. The van der Waals surface area contributed by atoms with Crippen molar-refractivity contribution in [3.8, 4) is 11.5 Å². The van der Waals surface area contributed by atoms with E-state index < -0.39 is 22.0 Å². The number of nitrogens with zero attached hydrogens (tertiary/aromatic N) is 2. The standard InChI is InChI=1S/C26H18ClIN2O7S/c1-2-36-21-12-16(11-20(28)23(21)37-25(32)18-5-3-4-6-19(18)27)13-22-24(31)29(26(33)38-22)14-15-7-9-17(10-8-15)30(34)35/h3-13H,2,14H2,1H3/b22-13-. The molecule has 3 aromatic rings. The third kappa shape index (κ3) is 6.17. The zero-order chi connectivity index (χ0) is 27.4. The molecule has 3 aromatic carbocycles. The summed E-state index contributed by atoms with van der Waals surface area (Å²) >= 11 is 8.91. The Bertz CT molecular complexity index is 1480. The van der Waals surface area contributed by atoms with E-state index in [0.29, 0.717) is 21.3 Å². The minimum Gasteiger partial charge on any atom is -0.490 e. The van der Waals surface area contributed by atoms with Gasteiger partial charge in [0.1, 0.15) is 0 Å². The van der Waals surface area contributed by atoms with Gasteiger partial charge in [0.25, 0.3) is 16.8 Å². The summed E-state index contributed by atoms with van der Waals surface area (Å²) in [5.74, 6) is -0.632. The van der Waals surface area contributed by atoms with Crippen LogP contribution in [0.1, 0.15) is 28.4 Å². The Kier molecular flexibility index (Phi) is 8.69. The Morgan fingerprint density at radius 2 is 1.87 bits per heavy atom. The number of non-ortho nitro benzene ring substituents is 1. The molecule has 1 saturated heterocycles. The van der Waals surface area contributed by atoms with Crippen molar-refractivity contribution in [2.75, 3.05) is 6.61 Å². The molecule has 12 heteroatoms. The summed E-state index contributed by atoms with van der Waals surface area (Å²) in [6, 6.07) is 15.5. The number of hydrogen-bond donors (Lipinski definition) is 0. The number of rotatable bonds is 8. The maximum atomic E-state index is 13.0. The molecule has 0 N–H and O–H groups in total. The average Bonchev–Trinajstić information content (AvgIpc) is 3.14. The van der Waals surface area contributed by atoms with E-state index in [1.807, 2.05) is 22.6 Å². The lowest BCUT2D eigenvalue weighted by atomic mass is 10.1. The van der Waals surface area contributed by atoms with Crippen molar-refractivity contribution in [2.24, 2.45) is 0 Å². The predicted octanol–water partition coefficient (Wildman–Crippen LogP) is 6.71. The second kappa shape index (κ2) is 12.0. The number of benzene rings is 3. The molecular formula is C26H18ClIN2O7S. The first-order valence-electron chi connectivity index (χ1n) is 11.1. The lowest BCUT2D eigenvalue weighted by Gasteiger charge is -2.14. The molecule has 1 aliphatic rings. The summed E-state index contributed by atoms with van der Waals surface area (Å²) < 4.78 is 11.9. The molecule has 0 aliphatic carbocycles. The molecule has 4 rings (SSSR count). The van der Waals surface area contributed by atoms with Crippen LogP contribution in [0, 0.1) is 13.7 Å². The predicted molar refractivity (Wildman–Crippen MR) is 151 cm³/mol. The van der Waals surface area contributed by atoms with Crippen LogP contribution < -0.4 is 9.47 Å². The van der Waals surface area contributed by atoms with Gasteiger partial charge in [-0.2, -0.15) is 0 Å². The van der Waals surface area contributed by atoms with Crippen molar-refractivity contribution in [2.45, 2.75) is 13.5 Å². The average molecular weight is 665 g/mol. The molecule has 0 saturated carbocycles. The monoisotopic (exact) mass is 664 g/mol. The number of thioether (sulfide) groups is 1. The van der Waals surface area contributed by atoms with Gasteiger partial charge in [-0.1, -0.05) is 35.9 Å². The zero-order valence-electron chi connectivity index (χ0n) is 19.7. The van der Waals surface area contributed by atoms with E-state index in [1.165, 1.54) is 24.3 Å². The molecule has 1 fully saturated rings. The molecule has 9 nitrogen and oxygen atoms in total. The van der Waals surface area contributed by atoms with E-state index in [-0.39, 0.29) is 39.2 Å². The molecule has 2 amide bonds. The molecule has 194 valence electrons. The van der Waals surface area contributed by atoms with Crippen LogP contribution in [-0.2, 0) is 11.3 Å². The van der Waals surface area contributed by atoms with Crippen molar-refractivity contribution in [1.29, 1.82) is 0 Å². The van der Waals surface area contributed by atoms with Crippen molar-refractivity contribution in [3.63, 3.8) is 0 Å². The highest BCUT2D eigenvalue weighted by Gasteiger charge is 2.35. The van der Waals surface area contributed by atoms with Crippen LogP contribution in [0.25, 0.3) is 6.08 Å². The lowest BCUT2D eigenvalue weighted by Crippen LogP contribution is -2.27. The van der Waals surface area contributed by atoms with Crippen molar-refractivity contribution in [3.05, 3.63) is 101 Å². The minimum absolute atomic E-state index is 0.0152. The number of carbonyl (C=O) groups is 3. The second-order valence-corrected chi connectivity index (χ2v) is 10.4. The van der Waals surface area contributed by atoms with Crippen LogP contribution in [0.15, 0.2) is 65.6 Å². The van der Waals surface area contributed by atoms with Gasteiger partial charge in [0.05, 0.1) is 37.1 Å². The highest BCUT2D eigenvalue weighted by molar-refractivity contribution is 14.1. The lowest BCUT2D eigenvalue weighted by molar-refractivity contribution is -0.384. The number of ether oxygens (including phenoxy) is 2. The van der Waals surface area contributed by atoms with Gasteiger partial charge in [-0.05, 0) is 82.7 Å². The number of halogens is 2. The fourth-order valence-electron chi connectivity index (χ4n) is 3.50. The van der Waals surface area contributed by atoms with E-state index in [9.17, 15) is 24.5 Å². The summed E-state index contributed by atoms with van der Waals surface area (Å²) in [5, 5.41) is 10.7. The van der Waals surface area contributed by atoms with Gasteiger partial charge in [0.2, 0.25) is 0 Å². The first-order valence-corrected chi connectivity index (χ1v) is 13.4. The van der Waals surface area contributed by atoms with Crippen LogP contribution in [0.3, 0.4) is 0 Å². The molecule has 1 aliphatic heterocycles. The zero-order valence-corrected chi connectivity index (χ0v) is 23.4. The third-order valence-corrected chi connectivity index (χ3v) is 7.32. The summed E-state index contributed by atoms with van der Waals surface area (Å²) in [4.78, 5) is 49.9. The smallest absolute Gasteiger partial charge is 0.345 e. The van der Waals surface area contributed by atoms with Gasteiger partial charge in [0, 0.05) is 12.1 Å². The van der Waals surface area contributed by atoms with Gasteiger partial charge >= 0.3 is 5.97 Å². The third-order valence-electron chi connectivity index (χ3n) is 5.28. The Morgan fingerprint density at radius 1 is 1.16 bits per heavy atom. The first-order chi connectivity index (χ1) is 18.2. The number of esters is 1. The van der Waals surface area contributed by atoms with E-state index in [1.54, 1.807) is 49.4 Å². The van der Waals surface area contributed by atoms with Gasteiger partial charge in [0.15, 0.2) is 11.5 Å². The van der Waals surface area contributed by atoms with Gasteiger partial charge in [-0.15, -0.1) is 0 Å². The highest BCUT2D eigenvalue weighted by atomic mass is 127. The molecular weight excluding hydrogens is 647 g/mol. The van der Waals surface area contributed by atoms with Crippen LogP contribution in [0.5, 0.6) is 11.5 Å². The fourth-order valence-corrected chi connectivity index (χ4v) is 5.29. The van der Waals surface area contributed by atoms with Crippen LogP contribution in [0.4, 0.5) is 10.5 Å². The maximum Gasteiger partial charge on any atom is 0.345 e. The molecule has 0 spiro atoms. The SMILES string of the molecule is CCOc1cc(/C=C2\SC(=O)N(Cc3ccc([N+](=O)[O-])cc3)C2=O)cc(I)c1OC(=O)c1ccccc1Cl. The largest absolute Gasteiger partial charge is 0.490 e. The molecule has 0 unspecified atom stereocenters. The van der Waals surface area contributed by atoms with E-state index in [4.69, 9.17) is 21.1 Å². The van der Waals surface area contributed by atoms with Gasteiger partial charge < -0.3 is 9.47 Å². The highest BCUT2D eigenvalue weighted by Crippen LogP contribution is 2.38. The molecule has 1 heterocycles. The quantitative estimate of drug-likeness (QED) is 0.0652. The fraction of sp³-hybridized carbons (Fsp3) is 0.115. The summed E-state index contributed by atoms with van der Waals surface area (Å²) in [5.41, 5.74) is 1.27. The van der Waals surface area contributed by atoms with Crippen LogP contribution in [-0.4, -0.2) is 33.5 Å². The number of imide groups is 1. The number of nitro groups is 1. The second-order valence-electron chi connectivity index (χ2n) is 7.82. The topological polar surface area (TPSA) is 116 Å². The van der Waals surface area contributed by atoms with Gasteiger partial charge in [-0.3, -0.25) is 24.6 Å². The Balaban J connectivity index is 1.57. The maximum absolute atomic E-state index is 13.0. The number of carbonyl (C=O) groups excluding carboxylic acids is 3. The summed E-state index contributed by atoms with van der Waals surface area (Å²) in [7, 11) is 0. The summed E-state index contributed by atoms with van der Waals surface area (Å²) in [6.07, 6.45) is 1.56. The number of amides is 2. The van der Waals surface area contributed by atoms with Crippen LogP contribution in [0.2, 0.25) is 5.02 Å². The van der Waals surface area contributed by atoms with E-state index in [0.717, 1.165) is 16.7 Å². The van der Waals surface area contributed by atoms with Crippen molar-refractivity contribution in [1.82, 2.24) is 4.90 Å². The van der Waals surface area contributed by atoms with Gasteiger partial charge in [-0.25, -0.2) is 4.79 Å². The van der Waals surface area contributed by atoms with E-state index in [2.05, 4.69) is 0 Å². The first kappa shape index (κ1) is 27.6. The minimum atomic E-state index is -0.644. The molecule has 0 bridgehead atoms. The van der Waals surface area contributed by atoms with Crippen molar-refractivity contribution < 1.29 is 28.8 Å². The summed E-state index contributed by atoms with van der Waals surface area (Å²) in [6.45, 7) is 2.06. The Hall–Kier alpha value is -3.42. The molecule has 38 heavy (non-hydrogen) atoms. The molecule has 0 atom stereocenters. The Morgan fingerprint density at radius 3 is 2.53 bits per heavy atom.